The number of nitrogens with zero attached hydrogens (tertiary/aromatic N) is 2. The highest BCUT2D eigenvalue weighted by Gasteiger charge is 2.50. The molecule has 0 radical (unpaired) electrons. The molecular weight excluding hydrogens is 384 g/mol. The highest BCUT2D eigenvalue weighted by atomic mass is 35.5. The van der Waals surface area contributed by atoms with Crippen LogP contribution in [-0.2, 0) is 14.9 Å². The van der Waals surface area contributed by atoms with E-state index < -0.39 is 5.41 Å². The van der Waals surface area contributed by atoms with Gasteiger partial charge in [0.2, 0.25) is 0 Å². The molecule has 0 aromatic heterocycles. The highest BCUT2D eigenvalue weighted by Crippen LogP contribution is 2.51. The smallest absolute Gasteiger partial charge is 0.336 e. The van der Waals surface area contributed by atoms with E-state index in [1.807, 2.05) is 34.3 Å². The van der Waals surface area contributed by atoms with E-state index in [1.165, 1.54) is 0 Å². The average molecular weight is 409 g/mol. The van der Waals surface area contributed by atoms with E-state index in [9.17, 15) is 4.79 Å². The molecule has 5 heteroatoms. The van der Waals surface area contributed by atoms with Crippen molar-refractivity contribution < 1.29 is 9.53 Å². The maximum Gasteiger partial charge on any atom is 0.336 e. The molecular formula is C24H25ClN2O2. The van der Waals surface area contributed by atoms with Gasteiger partial charge in [-0.2, -0.15) is 0 Å². The Bertz CT molecular complexity index is 937. The van der Waals surface area contributed by atoms with E-state index in [4.69, 9.17) is 16.3 Å². The highest BCUT2D eigenvalue weighted by molar-refractivity contribution is 6.33. The Morgan fingerprint density at radius 1 is 0.897 bits per heavy atom. The first kappa shape index (κ1) is 19.6. The summed E-state index contributed by atoms with van der Waals surface area (Å²) in [5.41, 5.74) is 4.53. The van der Waals surface area contributed by atoms with E-state index in [0.29, 0.717) is 17.2 Å². The van der Waals surface area contributed by atoms with Crippen LogP contribution in [0.15, 0.2) is 71.3 Å². The molecule has 4 rings (SSSR count). The van der Waals surface area contributed by atoms with E-state index >= 15 is 0 Å². The van der Waals surface area contributed by atoms with E-state index in [2.05, 4.69) is 64.4 Å². The quantitative estimate of drug-likeness (QED) is 0.704. The van der Waals surface area contributed by atoms with Crippen molar-refractivity contribution in [3.63, 3.8) is 0 Å². The summed E-state index contributed by atoms with van der Waals surface area (Å²) in [5.74, 6) is -0.480. The van der Waals surface area contributed by atoms with E-state index in [-0.39, 0.29) is 11.9 Å². The van der Waals surface area contributed by atoms with Crippen LogP contribution in [0.2, 0.25) is 0 Å². The minimum absolute atomic E-state index is 0.164. The molecule has 1 unspecified atom stereocenters. The number of hydrogen-bond donors (Lipinski definition) is 0. The summed E-state index contributed by atoms with van der Waals surface area (Å²) < 4.78 is 5.45. The molecule has 4 nitrogen and oxygen atoms in total. The number of esters is 1. The van der Waals surface area contributed by atoms with Crippen molar-refractivity contribution in [2.75, 3.05) is 44.6 Å². The standard InChI is InChI=1S/C24H25ClN2O2/c1-26(2)18-9-5-16(6-10-18)24(17-7-11-19(12-8-17)27(3)4)14-13-21(25)22-20(24)15-29-23(22)28/h5-14,20H,15H2,1-4H3. The van der Waals surface area contributed by atoms with Gasteiger partial charge < -0.3 is 14.5 Å². The van der Waals surface area contributed by atoms with Gasteiger partial charge in [0.1, 0.15) is 6.61 Å². The Morgan fingerprint density at radius 2 is 1.38 bits per heavy atom. The molecule has 1 heterocycles. The number of benzene rings is 2. The van der Waals surface area contributed by atoms with Gasteiger partial charge >= 0.3 is 5.97 Å². The van der Waals surface area contributed by atoms with Crippen molar-refractivity contribution >= 4 is 28.9 Å². The molecule has 1 saturated heterocycles. The first-order valence-electron chi connectivity index (χ1n) is 9.66. The summed E-state index contributed by atoms with van der Waals surface area (Å²) in [5, 5.41) is 0.475. The molecule has 0 bridgehead atoms. The lowest BCUT2D eigenvalue weighted by molar-refractivity contribution is -0.135. The summed E-state index contributed by atoms with van der Waals surface area (Å²) in [6.45, 7) is 0.319. The van der Waals surface area contributed by atoms with Crippen LogP contribution in [0.4, 0.5) is 11.4 Å². The maximum atomic E-state index is 12.4. The van der Waals surface area contributed by atoms with Gasteiger partial charge in [-0.25, -0.2) is 4.79 Å². The number of carbonyl (C=O) groups is 1. The van der Waals surface area contributed by atoms with Gasteiger partial charge in [-0.15, -0.1) is 0 Å². The third kappa shape index (κ3) is 3.12. The molecule has 2 aliphatic rings. The molecule has 0 spiro atoms. The Morgan fingerprint density at radius 3 is 1.83 bits per heavy atom. The van der Waals surface area contributed by atoms with Crippen LogP contribution >= 0.6 is 11.6 Å². The summed E-state index contributed by atoms with van der Waals surface area (Å²) >= 11 is 6.43. The first-order chi connectivity index (χ1) is 13.8. The largest absolute Gasteiger partial charge is 0.462 e. The van der Waals surface area contributed by atoms with Crippen LogP contribution in [0.5, 0.6) is 0 Å². The number of allylic oxidation sites excluding steroid dienone is 3. The monoisotopic (exact) mass is 408 g/mol. The molecule has 1 aliphatic carbocycles. The molecule has 1 aliphatic heterocycles. The molecule has 2 aromatic rings. The van der Waals surface area contributed by atoms with Crippen molar-refractivity contribution in [1.29, 1.82) is 0 Å². The summed E-state index contributed by atoms with van der Waals surface area (Å²) in [7, 11) is 8.09. The van der Waals surface area contributed by atoms with Gasteiger partial charge in [0.05, 0.1) is 10.6 Å². The second kappa shape index (κ2) is 7.27. The zero-order valence-electron chi connectivity index (χ0n) is 17.1. The molecule has 0 N–H and O–H groups in total. The Kier molecular flexibility index (Phi) is 4.91. The zero-order valence-corrected chi connectivity index (χ0v) is 17.9. The number of ether oxygens (including phenoxy) is 1. The molecule has 1 fully saturated rings. The lowest BCUT2D eigenvalue weighted by atomic mass is 9.62. The van der Waals surface area contributed by atoms with Gasteiger partial charge in [0, 0.05) is 50.9 Å². The minimum Gasteiger partial charge on any atom is -0.462 e. The zero-order chi connectivity index (χ0) is 20.8. The van der Waals surface area contributed by atoms with Crippen molar-refractivity contribution in [3.05, 3.63) is 82.4 Å². The second-order valence-corrected chi connectivity index (χ2v) is 8.40. The lowest BCUT2D eigenvalue weighted by Gasteiger charge is -2.39. The Labute approximate surface area is 177 Å². The van der Waals surface area contributed by atoms with Gasteiger partial charge in [-0.3, -0.25) is 0 Å². The number of halogens is 1. The van der Waals surface area contributed by atoms with E-state index in [1.54, 1.807) is 0 Å². The summed E-state index contributed by atoms with van der Waals surface area (Å²) in [4.78, 5) is 16.6. The molecule has 0 amide bonds. The maximum absolute atomic E-state index is 12.4. The minimum atomic E-state index is -0.518. The molecule has 150 valence electrons. The predicted octanol–water partition coefficient (Wildman–Crippen LogP) is 4.34. The SMILES string of the molecule is CN(C)c1ccc(C2(c3ccc(N(C)C)cc3)C=CC(Cl)=C3C(=O)OCC32)cc1. The van der Waals surface area contributed by atoms with Crippen LogP contribution in [0.3, 0.4) is 0 Å². The van der Waals surface area contributed by atoms with Crippen LogP contribution in [0.1, 0.15) is 11.1 Å². The van der Waals surface area contributed by atoms with Crippen molar-refractivity contribution in [3.8, 4) is 0 Å². The Hall–Kier alpha value is -2.72. The van der Waals surface area contributed by atoms with Gasteiger partial charge in [-0.1, -0.05) is 41.9 Å². The summed E-state index contributed by atoms with van der Waals surface area (Å²) in [6, 6.07) is 17.0. The molecule has 1 atom stereocenters. The fourth-order valence-electron chi connectivity index (χ4n) is 4.33. The third-order valence-electron chi connectivity index (χ3n) is 5.97. The fourth-order valence-corrected chi connectivity index (χ4v) is 4.60. The second-order valence-electron chi connectivity index (χ2n) is 8.00. The van der Waals surface area contributed by atoms with Crippen molar-refractivity contribution in [1.82, 2.24) is 0 Å². The van der Waals surface area contributed by atoms with Crippen molar-refractivity contribution in [2.24, 2.45) is 5.92 Å². The number of hydrogen-bond acceptors (Lipinski definition) is 4. The van der Waals surface area contributed by atoms with Crippen LogP contribution in [-0.4, -0.2) is 40.8 Å². The Balaban J connectivity index is 1.91. The average Bonchev–Trinajstić information content (AvgIpc) is 3.12. The first-order valence-corrected chi connectivity index (χ1v) is 10.0. The normalized spacial score (nSPS) is 19.8. The number of fused-ring (bicyclic) bond motifs is 1. The van der Waals surface area contributed by atoms with E-state index in [0.717, 1.165) is 22.5 Å². The number of rotatable bonds is 4. The van der Waals surface area contributed by atoms with Crippen LogP contribution in [0, 0.1) is 5.92 Å². The van der Waals surface area contributed by atoms with Gasteiger partial charge in [0.15, 0.2) is 0 Å². The topological polar surface area (TPSA) is 32.8 Å². The summed E-state index contributed by atoms with van der Waals surface area (Å²) in [6.07, 6.45) is 3.97. The van der Waals surface area contributed by atoms with Gasteiger partial charge in [0.25, 0.3) is 0 Å². The van der Waals surface area contributed by atoms with Gasteiger partial charge in [-0.05, 0) is 41.5 Å². The molecule has 2 aromatic carbocycles. The molecule has 29 heavy (non-hydrogen) atoms. The van der Waals surface area contributed by atoms with Crippen molar-refractivity contribution in [2.45, 2.75) is 5.41 Å². The number of cyclic esters (lactones) is 1. The third-order valence-corrected chi connectivity index (χ3v) is 6.30. The van der Waals surface area contributed by atoms with Crippen LogP contribution in [0.25, 0.3) is 0 Å². The predicted molar refractivity (Wildman–Crippen MR) is 119 cm³/mol. The fraction of sp³-hybridized carbons (Fsp3) is 0.292. The van der Waals surface area contributed by atoms with Crippen LogP contribution < -0.4 is 9.80 Å². The number of carbonyl (C=O) groups excluding carboxylic acids is 1. The number of anilines is 2. The lowest BCUT2D eigenvalue weighted by Crippen LogP contribution is -2.38. The molecule has 0 saturated carbocycles.